The van der Waals surface area contributed by atoms with Crippen LogP contribution >= 0.6 is 0 Å². The van der Waals surface area contributed by atoms with Crippen LogP contribution in [0.2, 0.25) is 0 Å². The Balaban J connectivity index is 1.68. The van der Waals surface area contributed by atoms with Crippen molar-refractivity contribution in [3.63, 3.8) is 0 Å². The summed E-state index contributed by atoms with van der Waals surface area (Å²) in [5.41, 5.74) is 1.42. The first-order valence-corrected chi connectivity index (χ1v) is 8.83. The van der Waals surface area contributed by atoms with Crippen molar-refractivity contribution < 1.29 is 0 Å². The molecule has 1 aromatic rings. The van der Waals surface area contributed by atoms with Crippen LogP contribution in [0.1, 0.15) is 63.5 Å². The Kier molecular flexibility index (Phi) is 5.13. The summed E-state index contributed by atoms with van der Waals surface area (Å²) in [7, 11) is 0. The van der Waals surface area contributed by atoms with Gasteiger partial charge in [-0.05, 0) is 56.8 Å². The lowest BCUT2D eigenvalue weighted by atomic mass is 10.1. The van der Waals surface area contributed by atoms with Gasteiger partial charge in [0.15, 0.2) is 0 Å². The molecule has 1 aromatic heterocycles. The van der Waals surface area contributed by atoms with Gasteiger partial charge in [0.05, 0.1) is 0 Å². The third kappa shape index (κ3) is 3.57. The van der Waals surface area contributed by atoms with E-state index >= 15 is 0 Å². The van der Waals surface area contributed by atoms with Crippen molar-refractivity contribution >= 4 is 5.82 Å². The Morgan fingerprint density at radius 2 is 1.86 bits per heavy atom. The minimum Gasteiger partial charge on any atom is -0.357 e. The van der Waals surface area contributed by atoms with Crippen LogP contribution in [0.4, 0.5) is 5.82 Å². The van der Waals surface area contributed by atoms with E-state index < -0.39 is 0 Å². The van der Waals surface area contributed by atoms with E-state index in [1.807, 2.05) is 0 Å². The quantitative estimate of drug-likeness (QED) is 0.834. The number of likely N-dealkylation sites (tertiary alicyclic amines) is 1. The largest absolute Gasteiger partial charge is 0.357 e. The molecule has 0 amide bonds. The van der Waals surface area contributed by atoms with Crippen molar-refractivity contribution in [1.82, 2.24) is 9.88 Å². The molecule has 0 unspecified atom stereocenters. The summed E-state index contributed by atoms with van der Waals surface area (Å²) in [5, 5.41) is 0. The summed E-state index contributed by atoms with van der Waals surface area (Å²) >= 11 is 0. The normalized spacial score (nSPS) is 24.2. The van der Waals surface area contributed by atoms with Gasteiger partial charge in [0.25, 0.3) is 0 Å². The Bertz CT molecular complexity index is 421. The molecule has 1 atom stereocenters. The highest BCUT2D eigenvalue weighted by Crippen LogP contribution is 2.32. The van der Waals surface area contributed by atoms with Gasteiger partial charge in [-0.2, -0.15) is 0 Å². The zero-order valence-corrected chi connectivity index (χ0v) is 13.4. The highest BCUT2D eigenvalue weighted by atomic mass is 15.2. The van der Waals surface area contributed by atoms with E-state index in [1.54, 1.807) is 0 Å². The average molecular weight is 287 g/mol. The van der Waals surface area contributed by atoms with Crippen molar-refractivity contribution in [2.45, 2.75) is 57.9 Å². The first-order chi connectivity index (χ1) is 10.4. The summed E-state index contributed by atoms with van der Waals surface area (Å²) in [6.07, 6.45) is 11.4. The van der Waals surface area contributed by atoms with Gasteiger partial charge >= 0.3 is 0 Å². The molecular weight excluding hydrogens is 258 g/mol. The van der Waals surface area contributed by atoms with E-state index in [9.17, 15) is 0 Å². The second-order valence-electron chi connectivity index (χ2n) is 6.54. The van der Waals surface area contributed by atoms with Gasteiger partial charge in [-0.3, -0.25) is 4.90 Å². The molecule has 0 spiro atoms. The Labute approximate surface area is 129 Å². The zero-order chi connectivity index (χ0) is 14.5. The summed E-state index contributed by atoms with van der Waals surface area (Å²) in [5.74, 6) is 1.18. The van der Waals surface area contributed by atoms with Crippen molar-refractivity contribution in [3.8, 4) is 0 Å². The number of anilines is 1. The van der Waals surface area contributed by atoms with Crippen molar-refractivity contribution in [2.24, 2.45) is 0 Å². The molecule has 2 aliphatic heterocycles. The standard InChI is InChI=1S/C18H29N3/c1-2-11-20-14-7-8-17(20)16-9-10-18(19-15-16)21-12-5-3-4-6-13-21/h9-10,15,17H,2-8,11-14H2,1H3/t17-/m1/s1. The van der Waals surface area contributed by atoms with Crippen LogP contribution in [-0.4, -0.2) is 36.1 Å². The third-order valence-electron chi connectivity index (χ3n) is 4.96. The van der Waals surface area contributed by atoms with E-state index in [-0.39, 0.29) is 0 Å². The Morgan fingerprint density at radius 1 is 1.05 bits per heavy atom. The summed E-state index contributed by atoms with van der Waals surface area (Å²) in [6.45, 7) is 7.11. The Hall–Kier alpha value is -1.09. The van der Waals surface area contributed by atoms with Crippen LogP contribution in [0.25, 0.3) is 0 Å². The molecule has 0 bridgehead atoms. The third-order valence-corrected chi connectivity index (χ3v) is 4.96. The number of aromatic nitrogens is 1. The molecule has 3 nitrogen and oxygen atoms in total. The second kappa shape index (κ2) is 7.26. The minimum absolute atomic E-state index is 0.607. The van der Waals surface area contributed by atoms with Crippen LogP contribution in [0.15, 0.2) is 18.3 Å². The number of hydrogen-bond donors (Lipinski definition) is 0. The number of hydrogen-bond acceptors (Lipinski definition) is 3. The van der Waals surface area contributed by atoms with Gasteiger partial charge < -0.3 is 4.90 Å². The first kappa shape index (κ1) is 14.8. The van der Waals surface area contributed by atoms with Crippen molar-refractivity contribution in [3.05, 3.63) is 23.9 Å². The van der Waals surface area contributed by atoms with Crippen LogP contribution in [0.5, 0.6) is 0 Å². The predicted octanol–water partition coefficient (Wildman–Crippen LogP) is 4.01. The maximum absolute atomic E-state index is 4.78. The smallest absolute Gasteiger partial charge is 0.128 e. The van der Waals surface area contributed by atoms with Crippen molar-refractivity contribution in [1.29, 1.82) is 0 Å². The number of pyridine rings is 1. The van der Waals surface area contributed by atoms with Crippen LogP contribution in [-0.2, 0) is 0 Å². The summed E-state index contributed by atoms with van der Waals surface area (Å²) in [6, 6.07) is 5.19. The minimum atomic E-state index is 0.607. The number of rotatable bonds is 4. The molecule has 116 valence electrons. The molecule has 3 rings (SSSR count). The molecule has 3 heteroatoms. The van der Waals surface area contributed by atoms with Gasteiger partial charge in [0.1, 0.15) is 5.82 Å². The highest BCUT2D eigenvalue weighted by molar-refractivity contribution is 5.40. The fraction of sp³-hybridized carbons (Fsp3) is 0.722. The molecule has 0 N–H and O–H groups in total. The molecule has 2 aliphatic rings. The van der Waals surface area contributed by atoms with Gasteiger partial charge in [0.2, 0.25) is 0 Å². The average Bonchev–Trinajstić information content (AvgIpc) is 2.81. The van der Waals surface area contributed by atoms with E-state index in [0.29, 0.717) is 6.04 Å². The van der Waals surface area contributed by atoms with Crippen LogP contribution in [0.3, 0.4) is 0 Å². The molecular formula is C18H29N3. The molecule has 0 aliphatic carbocycles. The molecule has 3 heterocycles. The zero-order valence-electron chi connectivity index (χ0n) is 13.4. The van der Waals surface area contributed by atoms with E-state index in [4.69, 9.17) is 4.98 Å². The van der Waals surface area contributed by atoms with Gasteiger partial charge in [-0.15, -0.1) is 0 Å². The topological polar surface area (TPSA) is 19.4 Å². The first-order valence-electron chi connectivity index (χ1n) is 8.83. The van der Waals surface area contributed by atoms with E-state index in [0.717, 1.165) is 0 Å². The van der Waals surface area contributed by atoms with Gasteiger partial charge in [-0.25, -0.2) is 4.98 Å². The predicted molar refractivity (Wildman–Crippen MR) is 88.8 cm³/mol. The fourth-order valence-electron chi connectivity index (χ4n) is 3.84. The molecule has 2 saturated heterocycles. The SMILES string of the molecule is CCCN1CCC[C@@H]1c1ccc(N2CCCCCC2)nc1. The maximum Gasteiger partial charge on any atom is 0.128 e. The van der Waals surface area contributed by atoms with Gasteiger partial charge in [-0.1, -0.05) is 25.8 Å². The molecule has 0 saturated carbocycles. The molecule has 21 heavy (non-hydrogen) atoms. The fourth-order valence-corrected chi connectivity index (χ4v) is 3.84. The lowest BCUT2D eigenvalue weighted by Gasteiger charge is -2.25. The van der Waals surface area contributed by atoms with Gasteiger partial charge in [0, 0.05) is 25.3 Å². The van der Waals surface area contributed by atoms with E-state index in [1.165, 1.54) is 82.5 Å². The highest BCUT2D eigenvalue weighted by Gasteiger charge is 2.25. The lowest BCUT2D eigenvalue weighted by Crippen LogP contribution is -2.26. The lowest BCUT2D eigenvalue weighted by molar-refractivity contribution is 0.257. The second-order valence-corrected chi connectivity index (χ2v) is 6.54. The summed E-state index contributed by atoms with van der Waals surface area (Å²) in [4.78, 5) is 9.88. The maximum atomic E-state index is 4.78. The molecule has 0 radical (unpaired) electrons. The van der Waals surface area contributed by atoms with Crippen LogP contribution in [0, 0.1) is 0 Å². The van der Waals surface area contributed by atoms with Crippen molar-refractivity contribution in [2.75, 3.05) is 31.1 Å². The molecule has 0 aromatic carbocycles. The number of nitrogens with zero attached hydrogens (tertiary/aromatic N) is 3. The monoisotopic (exact) mass is 287 g/mol. The molecule has 2 fully saturated rings. The van der Waals surface area contributed by atoms with Crippen LogP contribution < -0.4 is 4.90 Å². The van der Waals surface area contributed by atoms with E-state index in [2.05, 4.69) is 35.1 Å². The Morgan fingerprint density at radius 3 is 2.52 bits per heavy atom. The summed E-state index contributed by atoms with van der Waals surface area (Å²) < 4.78 is 0.